The Morgan fingerprint density at radius 1 is 0.528 bits per heavy atom. The second-order valence-electron chi connectivity index (χ2n) is 16.8. The summed E-state index contributed by atoms with van der Waals surface area (Å²) < 4.78 is 4.96. The number of allylic oxidation sites excluding steroid dienone is 3. The fourth-order valence-corrected chi connectivity index (χ4v) is 9.71. The summed E-state index contributed by atoms with van der Waals surface area (Å²) in [4.78, 5) is 17.2. The van der Waals surface area contributed by atoms with Crippen LogP contribution in [0.2, 0.25) is 0 Å². The van der Waals surface area contributed by atoms with Crippen LogP contribution in [0.4, 0.5) is 17.1 Å². The molecule has 2 aromatic heterocycles. The van der Waals surface area contributed by atoms with Crippen molar-refractivity contribution in [3.8, 4) is 33.0 Å². The van der Waals surface area contributed by atoms with Crippen LogP contribution in [0.3, 0.4) is 0 Å². The number of aliphatic carboxylic acids is 1. The van der Waals surface area contributed by atoms with Crippen LogP contribution in [-0.2, 0) is 9.53 Å². The fraction of sp³-hybridized carbons (Fsp3) is 0.0635. The third-order valence-electron chi connectivity index (χ3n) is 11.9. The summed E-state index contributed by atoms with van der Waals surface area (Å²) in [6.07, 6.45) is 19.8. The second-order valence-corrected chi connectivity index (χ2v) is 19.0. The van der Waals surface area contributed by atoms with E-state index in [1.54, 1.807) is 23.5 Å². The summed E-state index contributed by atoms with van der Waals surface area (Å²) in [5, 5.41) is 36.6. The largest absolute Gasteiger partial charge is 0.477 e. The van der Waals surface area contributed by atoms with E-state index in [1.807, 2.05) is 42.5 Å². The van der Waals surface area contributed by atoms with Gasteiger partial charge in [0, 0.05) is 42.6 Å². The number of carboxylic acid groups (broad SMARTS) is 1. The van der Waals surface area contributed by atoms with Gasteiger partial charge in [-0.1, -0.05) is 146 Å². The number of carboxylic acids is 1. The summed E-state index contributed by atoms with van der Waals surface area (Å²) in [5.41, 5.74) is 15.3. The molecule has 8 aromatic rings. The van der Waals surface area contributed by atoms with Gasteiger partial charge in [0.05, 0.1) is 0 Å². The monoisotopic (exact) mass is 975 g/mol. The van der Waals surface area contributed by atoms with Gasteiger partial charge in [0.2, 0.25) is 5.76 Å². The second kappa shape index (κ2) is 23.7. The molecule has 0 amide bonds. The number of thiophene rings is 2. The summed E-state index contributed by atoms with van der Waals surface area (Å²) in [5.74, 6) is -1.17. The van der Waals surface area contributed by atoms with Crippen molar-refractivity contribution in [3.05, 3.63) is 241 Å². The molecule has 72 heavy (non-hydrogen) atoms. The van der Waals surface area contributed by atoms with Crippen LogP contribution < -0.4 is 4.90 Å². The van der Waals surface area contributed by atoms with Gasteiger partial charge in [-0.2, -0.15) is 10.5 Å². The van der Waals surface area contributed by atoms with Crippen molar-refractivity contribution >= 4 is 94.3 Å². The normalized spacial score (nSPS) is 12.0. The third-order valence-corrected chi connectivity index (χ3v) is 14.1. The predicted molar refractivity (Wildman–Crippen MR) is 300 cm³/mol. The minimum atomic E-state index is -1.24. The number of aliphatic hydroxyl groups is 1. The number of carbonyl (C=O) groups is 1. The van der Waals surface area contributed by atoms with E-state index in [-0.39, 0.29) is 11.3 Å². The van der Waals surface area contributed by atoms with Crippen LogP contribution in [0.5, 0.6) is 0 Å². The summed E-state index contributed by atoms with van der Waals surface area (Å²) in [6.45, 7) is 5.93. The van der Waals surface area contributed by atoms with E-state index in [2.05, 4.69) is 196 Å². The Balaban J connectivity index is 0.986. The fourth-order valence-electron chi connectivity index (χ4n) is 7.81. The van der Waals surface area contributed by atoms with Crippen molar-refractivity contribution in [1.82, 2.24) is 0 Å². The van der Waals surface area contributed by atoms with Crippen LogP contribution in [-0.4, -0.2) is 23.0 Å². The molecule has 0 aliphatic carbocycles. The van der Waals surface area contributed by atoms with Crippen LogP contribution in [0, 0.1) is 43.4 Å². The Morgan fingerprint density at radius 2 is 0.917 bits per heavy atom. The molecule has 0 atom stereocenters. The van der Waals surface area contributed by atoms with Gasteiger partial charge in [-0.05, 0) is 149 Å². The average molecular weight is 976 g/mol. The topological polar surface area (TPSA) is 118 Å². The molecule has 9 heteroatoms. The lowest BCUT2D eigenvalue weighted by Crippen LogP contribution is -2.09. The average Bonchev–Trinajstić information content (AvgIpc) is 4.09. The Hall–Kier alpha value is -8.83. The van der Waals surface area contributed by atoms with Gasteiger partial charge < -0.3 is 19.8 Å². The number of nitrogens with zero attached hydrogens (tertiary/aromatic N) is 3. The van der Waals surface area contributed by atoms with Crippen LogP contribution in [0.25, 0.3) is 69.5 Å². The smallest absolute Gasteiger partial charge is 0.346 e. The van der Waals surface area contributed by atoms with E-state index in [0.29, 0.717) is 4.88 Å². The first-order valence-electron chi connectivity index (χ1n) is 23.1. The van der Waals surface area contributed by atoms with Gasteiger partial charge in [-0.15, -0.1) is 22.7 Å². The number of benzene rings is 6. The Kier molecular flexibility index (Phi) is 16.3. The highest BCUT2D eigenvalue weighted by Crippen LogP contribution is 2.36. The maximum absolute atomic E-state index is 11.3. The predicted octanol–water partition coefficient (Wildman–Crippen LogP) is 16.4. The van der Waals surface area contributed by atoms with Crippen molar-refractivity contribution in [3.63, 3.8) is 0 Å². The van der Waals surface area contributed by atoms with Gasteiger partial charge >= 0.3 is 5.97 Å². The van der Waals surface area contributed by atoms with E-state index in [4.69, 9.17) is 15.1 Å². The first-order chi connectivity index (χ1) is 35.0. The van der Waals surface area contributed by atoms with Crippen molar-refractivity contribution in [1.29, 1.82) is 10.5 Å². The molecule has 0 saturated carbocycles. The van der Waals surface area contributed by atoms with E-state index in [0.717, 1.165) is 70.6 Å². The first-order valence-corrected chi connectivity index (χ1v) is 24.7. The number of ether oxygens (including phenoxy) is 1. The molecule has 0 aliphatic rings. The summed E-state index contributed by atoms with van der Waals surface area (Å²) in [6, 6.07) is 58.0. The van der Waals surface area contributed by atoms with Crippen LogP contribution in [0.1, 0.15) is 59.8 Å². The summed E-state index contributed by atoms with van der Waals surface area (Å²) >= 11 is 2.98. The standard InChI is InChI=1S/C63H49N3O4S2/c1-43-36-51(37-44(2)45(43)3)7-5-4-6-46-16-26-55(27-17-46)66(56-28-18-49(19-29-56)10-8-47-12-22-52(23-13-47)61-34-32-59(71-61)38-54(40-64)63(68)69)57-30-20-50(21-31-57)11-9-48-14-24-53(25-15-48)62-35-33-60(72-62)39-58(41-65)70-42-67/h4-39,67H,42H2,1-3H3,(H,68,69). The maximum atomic E-state index is 11.3. The highest BCUT2D eigenvalue weighted by atomic mass is 32.1. The number of hydrogen-bond donors (Lipinski definition) is 2. The molecule has 2 heterocycles. The first kappa shape index (κ1) is 49.6. The third kappa shape index (κ3) is 12.9. The maximum Gasteiger partial charge on any atom is 0.346 e. The zero-order valence-corrected chi connectivity index (χ0v) is 41.5. The molecule has 352 valence electrons. The van der Waals surface area contributed by atoms with E-state index in [1.165, 1.54) is 39.7 Å². The van der Waals surface area contributed by atoms with Gasteiger partial charge in [-0.3, -0.25) is 0 Å². The number of rotatable bonds is 17. The van der Waals surface area contributed by atoms with Gasteiger partial charge in [0.25, 0.3) is 0 Å². The highest BCUT2D eigenvalue weighted by molar-refractivity contribution is 7.16. The van der Waals surface area contributed by atoms with Gasteiger partial charge in [0.15, 0.2) is 6.79 Å². The molecule has 2 N–H and O–H groups in total. The number of hydrogen-bond acceptors (Lipinski definition) is 8. The SMILES string of the molecule is Cc1cc(C=CC=Cc2ccc(N(c3ccc(C=Cc4ccc(-c5ccc(C=C(C#N)OCO)s5)cc4)cc3)c3ccc(C=Cc4ccc(-c5ccc(C=C(C#N)C(=O)O)s5)cc4)cc3)cc2)cc(C)c1C. The molecule has 0 saturated heterocycles. The summed E-state index contributed by atoms with van der Waals surface area (Å²) in [7, 11) is 0. The van der Waals surface area contributed by atoms with Crippen LogP contribution >= 0.6 is 22.7 Å². The molecule has 6 aromatic carbocycles. The lowest BCUT2D eigenvalue weighted by Gasteiger charge is -2.26. The minimum absolute atomic E-state index is 0.0681. The number of aryl methyl sites for hydroxylation is 2. The molecule has 0 aliphatic heterocycles. The van der Waals surface area contributed by atoms with Gasteiger partial charge in [-0.25, -0.2) is 4.79 Å². The Labute approximate surface area is 428 Å². The number of nitriles is 2. The number of anilines is 3. The Bertz CT molecular complexity index is 3440. The molecule has 0 fully saturated rings. The molecule has 8 rings (SSSR count). The van der Waals surface area contributed by atoms with Crippen molar-refractivity contribution in [2.24, 2.45) is 0 Å². The molecule has 0 spiro atoms. The van der Waals surface area contributed by atoms with Gasteiger partial charge in [0.1, 0.15) is 17.7 Å². The van der Waals surface area contributed by atoms with E-state index >= 15 is 0 Å². The van der Waals surface area contributed by atoms with Crippen molar-refractivity contribution < 1.29 is 19.7 Å². The molecule has 0 unspecified atom stereocenters. The lowest BCUT2D eigenvalue weighted by atomic mass is 10.0. The zero-order chi connectivity index (χ0) is 50.4. The zero-order valence-electron chi connectivity index (χ0n) is 39.9. The van der Waals surface area contributed by atoms with Crippen molar-refractivity contribution in [2.45, 2.75) is 20.8 Å². The minimum Gasteiger partial charge on any atom is -0.477 e. The van der Waals surface area contributed by atoms with E-state index in [9.17, 15) is 15.2 Å². The molecule has 7 nitrogen and oxygen atoms in total. The van der Waals surface area contributed by atoms with E-state index < -0.39 is 12.8 Å². The van der Waals surface area contributed by atoms with Crippen LogP contribution in [0.15, 0.2) is 181 Å². The number of aliphatic hydroxyl groups excluding tert-OH is 1. The Morgan fingerprint density at radius 3 is 1.31 bits per heavy atom. The quantitative estimate of drug-likeness (QED) is 0.0233. The highest BCUT2D eigenvalue weighted by Gasteiger charge is 2.13. The molecule has 0 radical (unpaired) electrons. The molecular weight excluding hydrogens is 927 g/mol. The molecule has 0 bridgehead atoms. The lowest BCUT2D eigenvalue weighted by molar-refractivity contribution is -0.132. The van der Waals surface area contributed by atoms with Crippen molar-refractivity contribution in [2.75, 3.05) is 11.7 Å². The molecular formula is C63H49N3O4S2.